The second-order valence-electron chi connectivity index (χ2n) is 9.03. The van der Waals surface area contributed by atoms with Crippen LogP contribution in [-0.2, 0) is 4.79 Å². The summed E-state index contributed by atoms with van der Waals surface area (Å²) in [4.78, 5) is 23.2. The van der Waals surface area contributed by atoms with E-state index < -0.39 is 5.82 Å². The van der Waals surface area contributed by atoms with Crippen molar-refractivity contribution >= 4 is 41.0 Å². The van der Waals surface area contributed by atoms with E-state index in [4.69, 9.17) is 0 Å². The lowest BCUT2D eigenvalue weighted by Crippen LogP contribution is -2.43. The van der Waals surface area contributed by atoms with Gasteiger partial charge in [0.1, 0.15) is 0 Å². The lowest BCUT2D eigenvalue weighted by Gasteiger charge is -2.30. The van der Waals surface area contributed by atoms with Gasteiger partial charge in [0.25, 0.3) is 0 Å². The maximum absolute atomic E-state index is 14.5. The second-order valence-corrected chi connectivity index (χ2v) is 10.0. The molecule has 4 N–H and O–H groups in total. The van der Waals surface area contributed by atoms with Gasteiger partial charge < -0.3 is 25.6 Å². The number of allylic oxidation sites excluding steroid dienone is 2. The molecule has 1 aromatic heterocycles. The van der Waals surface area contributed by atoms with Crippen molar-refractivity contribution in [1.29, 1.82) is 0 Å². The standard InChI is InChI=1S/C24H30FN7OS.C2H6/c1-14-11-17(5-6-19(14)32-9-7-27-8-10-32)29-24-28-13-18(25)22(30-24)31-34-21-16-4-3-15(12-16)20(21)23(33)26-2;1-2/h3-6,11,13,15-16,20-21,27H,7-10,12H2,1-2H3,(H,26,33)(H2,28,29,30,31);1-2H3. The van der Waals surface area contributed by atoms with E-state index in [2.05, 4.69) is 66.7 Å². The van der Waals surface area contributed by atoms with E-state index >= 15 is 0 Å². The van der Waals surface area contributed by atoms with Gasteiger partial charge in [-0.2, -0.15) is 4.98 Å². The number of nitrogens with one attached hydrogen (secondary N) is 4. The first-order valence-corrected chi connectivity index (χ1v) is 13.6. The number of aromatic nitrogens is 2. The average molecular weight is 514 g/mol. The minimum atomic E-state index is -0.529. The molecule has 4 unspecified atom stereocenters. The molecule has 3 aliphatic rings. The molecule has 194 valence electrons. The van der Waals surface area contributed by atoms with Gasteiger partial charge in [0.05, 0.1) is 12.1 Å². The zero-order valence-corrected chi connectivity index (χ0v) is 22.2. The molecule has 2 fully saturated rings. The predicted molar refractivity (Wildman–Crippen MR) is 146 cm³/mol. The molecule has 1 saturated heterocycles. The van der Waals surface area contributed by atoms with Gasteiger partial charge in [0.15, 0.2) is 11.6 Å². The number of aryl methyl sites for hydroxylation is 1. The second kappa shape index (κ2) is 11.9. The van der Waals surface area contributed by atoms with Crippen molar-refractivity contribution in [1.82, 2.24) is 20.6 Å². The van der Waals surface area contributed by atoms with Gasteiger partial charge in [-0.05, 0) is 60.9 Å². The van der Waals surface area contributed by atoms with Crippen LogP contribution in [0.1, 0.15) is 25.8 Å². The number of carbonyl (C=O) groups is 1. The lowest BCUT2D eigenvalue weighted by atomic mass is 9.92. The molecule has 5 rings (SSSR count). The van der Waals surface area contributed by atoms with Crippen LogP contribution >= 0.6 is 11.9 Å². The summed E-state index contributed by atoms with van der Waals surface area (Å²) < 4.78 is 17.5. The molecule has 0 spiro atoms. The molecule has 2 heterocycles. The molecule has 2 aliphatic carbocycles. The number of nitrogens with zero attached hydrogens (tertiary/aromatic N) is 3. The summed E-state index contributed by atoms with van der Waals surface area (Å²) in [6, 6.07) is 6.15. The van der Waals surface area contributed by atoms with Crippen molar-refractivity contribution in [2.45, 2.75) is 32.4 Å². The summed E-state index contributed by atoms with van der Waals surface area (Å²) in [5.74, 6) is 0.333. The first-order valence-electron chi connectivity index (χ1n) is 12.7. The number of carbonyl (C=O) groups excluding carboxylic acids is 1. The maximum atomic E-state index is 14.5. The molecule has 2 bridgehead atoms. The molecule has 36 heavy (non-hydrogen) atoms. The maximum Gasteiger partial charge on any atom is 0.229 e. The zero-order chi connectivity index (χ0) is 25.7. The third kappa shape index (κ3) is 5.59. The van der Waals surface area contributed by atoms with E-state index in [0.29, 0.717) is 11.9 Å². The highest BCUT2D eigenvalue weighted by Gasteiger charge is 2.48. The molecule has 1 aliphatic heterocycles. The van der Waals surface area contributed by atoms with Gasteiger partial charge in [-0.1, -0.05) is 26.0 Å². The Hall–Kier alpha value is -2.85. The van der Waals surface area contributed by atoms with Crippen LogP contribution in [0.4, 0.5) is 27.5 Å². The molecule has 2 aromatic rings. The first-order chi connectivity index (χ1) is 17.5. The van der Waals surface area contributed by atoms with Crippen molar-refractivity contribution in [3.63, 3.8) is 0 Å². The number of hydrogen-bond acceptors (Lipinski definition) is 8. The Morgan fingerprint density at radius 3 is 2.67 bits per heavy atom. The summed E-state index contributed by atoms with van der Waals surface area (Å²) >= 11 is 1.37. The van der Waals surface area contributed by atoms with Crippen molar-refractivity contribution < 1.29 is 9.18 Å². The third-order valence-electron chi connectivity index (χ3n) is 6.88. The van der Waals surface area contributed by atoms with E-state index in [-0.39, 0.29) is 28.8 Å². The minimum absolute atomic E-state index is 0.0286. The number of fused-ring (bicyclic) bond motifs is 2. The fourth-order valence-corrected chi connectivity index (χ4v) is 6.43. The Balaban J connectivity index is 0.00000148. The average Bonchev–Trinajstić information content (AvgIpc) is 3.52. The fraction of sp³-hybridized carbons (Fsp3) is 0.500. The predicted octanol–water partition coefficient (Wildman–Crippen LogP) is 4.10. The Kier molecular flexibility index (Phi) is 8.68. The Bertz CT molecular complexity index is 1090. The molecule has 4 atom stereocenters. The smallest absolute Gasteiger partial charge is 0.229 e. The van der Waals surface area contributed by atoms with E-state index in [1.165, 1.54) is 17.6 Å². The van der Waals surface area contributed by atoms with E-state index in [9.17, 15) is 9.18 Å². The van der Waals surface area contributed by atoms with E-state index in [0.717, 1.165) is 50.0 Å². The van der Waals surface area contributed by atoms with Gasteiger partial charge in [-0.3, -0.25) is 4.79 Å². The molecule has 8 nitrogen and oxygen atoms in total. The molecule has 0 radical (unpaired) electrons. The van der Waals surface area contributed by atoms with Gasteiger partial charge in [0, 0.05) is 49.9 Å². The fourth-order valence-electron chi connectivity index (χ4n) is 5.19. The summed E-state index contributed by atoms with van der Waals surface area (Å²) in [5.41, 5.74) is 3.23. The van der Waals surface area contributed by atoms with E-state index in [1.807, 2.05) is 19.9 Å². The van der Waals surface area contributed by atoms with Crippen LogP contribution in [0.25, 0.3) is 0 Å². The number of hydrogen-bond donors (Lipinski definition) is 4. The van der Waals surface area contributed by atoms with Crippen molar-refractivity contribution in [2.24, 2.45) is 17.8 Å². The van der Waals surface area contributed by atoms with Gasteiger partial charge in [0.2, 0.25) is 11.9 Å². The van der Waals surface area contributed by atoms with Crippen molar-refractivity contribution in [3.8, 4) is 0 Å². The van der Waals surface area contributed by atoms with Gasteiger partial charge in [-0.15, -0.1) is 0 Å². The van der Waals surface area contributed by atoms with Gasteiger partial charge in [-0.25, -0.2) is 9.37 Å². The number of benzene rings is 1. The number of rotatable bonds is 7. The summed E-state index contributed by atoms with van der Waals surface area (Å²) in [6.07, 6.45) is 6.42. The first kappa shape index (κ1) is 26.2. The normalized spacial score (nSPS) is 24.2. The van der Waals surface area contributed by atoms with Crippen LogP contribution in [0.3, 0.4) is 0 Å². The van der Waals surface area contributed by atoms with Crippen LogP contribution in [-0.4, -0.2) is 54.4 Å². The lowest BCUT2D eigenvalue weighted by molar-refractivity contribution is -0.125. The highest BCUT2D eigenvalue weighted by atomic mass is 32.2. The minimum Gasteiger partial charge on any atom is -0.369 e. The highest BCUT2D eigenvalue weighted by Crippen LogP contribution is 2.49. The van der Waals surface area contributed by atoms with Gasteiger partial charge >= 0.3 is 0 Å². The monoisotopic (exact) mass is 513 g/mol. The van der Waals surface area contributed by atoms with Crippen LogP contribution < -0.4 is 25.6 Å². The molecular formula is C26H36FN7OS. The third-order valence-corrected chi connectivity index (χ3v) is 8.11. The largest absolute Gasteiger partial charge is 0.369 e. The Morgan fingerprint density at radius 1 is 1.19 bits per heavy atom. The number of anilines is 4. The number of amides is 1. The number of halogens is 1. The molecular weight excluding hydrogens is 477 g/mol. The summed E-state index contributed by atoms with van der Waals surface area (Å²) in [7, 11) is 1.66. The van der Waals surface area contributed by atoms with E-state index in [1.54, 1.807) is 7.05 Å². The summed E-state index contributed by atoms with van der Waals surface area (Å²) in [6.45, 7) is 10.0. The van der Waals surface area contributed by atoms with Crippen LogP contribution in [0, 0.1) is 30.5 Å². The van der Waals surface area contributed by atoms with Crippen molar-refractivity contribution in [3.05, 3.63) is 47.9 Å². The van der Waals surface area contributed by atoms with Crippen LogP contribution in [0.2, 0.25) is 0 Å². The molecule has 1 saturated carbocycles. The molecule has 1 aromatic carbocycles. The highest BCUT2D eigenvalue weighted by molar-refractivity contribution is 8.01. The van der Waals surface area contributed by atoms with Crippen molar-refractivity contribution in [2.75, 3.05) is 48.2 Å². The summed E-state index contributed by atoms with van der Waals surface area (Å²) in [5, 5.41) is 9.36. The van der Waals surface area contributed by atoms with Crippen LogP contribution in [0.5, 0.6) is 0 Å². The molecule has 1 amide bonds. The SMILES string of the molecule is CC.CNC(=O)C1C2C=CC(C2)C1SNc1nc(Nc2ccc(N3CCNCC3)c(C)c2)ncc1F. The number of piperazine rings is 1. The zero-order valence-electron chi connectivity index (χ0n) is 21.3. The molecule has 10 heteroatoms. The Labute approximate surface area is 217 Å². The quantitative estimate of drug-likeness (QED) is 0.325. The Morgan fingerprint density at radius 2 is 1.94 bits per heavy atom. The topological polar surface area (TPSA) is 94.2 Å². The van der Waals surface area contributed by atoms with Crippen LogP contribution in [0.15, 0.2) is 36.5 Å².